The summed E-state index contributed by atoms with van der Waals surface area (Å²) in [4.78, 5) is 28.7. The first-order valence-corrected chi connectivity index (χ1v) is 11.3. The van der Waals surface area contributed by atoms with Crippen molar-refractivity contribution in [3.05, 3.63) is 58.2 Å². The molecule has 0 aliphatic rings. The van der Waals surface area contributed by atoms with Crippen LogP contribution in [0.25, 0.3) is 10.9 Å². The lowest BCUT2D eigenvalue weighted by Gasteiger charge is -2.07. The Morgan fingerprint density at radius 2 is 1.94 bits per heavy atom. The molecule has 1 heterocycles. The number of rotatable bonds is 6. The van der Waals surface area contributed by atoms with E-state index in [4.69, 9.17) is 15.2 Å². The number of nitrogens with zero attached hydrogens (tertiary/aromatic N) is 2. The third-order valence-electron chi connectivity index (χ3n) is 4.46. The topological polar surface area (TPSA) is 95.9 Å². The van der Waals surface area contributed by atoms with Crippen molar-refractivity contribution in [2.45, 2.75) is 19.6 Å². The summed E-state index contributed by atoms with van der Waals surface area (Å²) in [5.41, 5.74) is 8.80. The van der Waals surface area contributed by atoms with Gasteiger partial charge in [-0.3, -0.25) is 4.79 Å². The van der Waals surface area contributed by atoms with Gasteiger partial charge in [0.2, 0.25) is 0 Å². The molecule has 162 valence electrons. The summed E-state index contributed by atoms with van der Waals surface area (Å²) in [5, 5.41) is 1.02. The molecule has 0 atom stereocenters. The zero-order chi connectivity index (χ0) is 22.5. The number of fused-ring (bicyclic) bond motifs is 1. The van der Waals surface area contributed by atoms with Crippen LogP contribution in [0.1, 0.15) is 29.9 Å². The van der Waals surface area contributed by atoms with E-state index in [2.05, 4.69) is 20.9 Å². The Morgan fingerprint density at radius 3 is 2.58 bits per heavy atom. The SMILES string of the molecule is CCOC(=O)c1c(CSC(N)=Nc2ccccc2)n(C)c2cc(Br)c(OC(C)=O)cc12. The average molecular weight is 504 g/mol. The summed E-state index contributed by atoms with van der Waals surface area (Å²) in [6.45, 7) is 3.32. The van der Waals surface area contributed by atoms with Crippen molar-refractivity contribution in [1.29, 1.82) is 0 Å². The fourth-order valence-electron chi connectivity index (χ4n) is 3.13. The smallest absolute Gasteiger partial charge is 0.340 e. The van der Waals surface area contributed by atoms with E-state index in [9.17, 15) is 9.59 Å². The molecule has 0 bridgehead atoms. The highest BCUT2D eigenvalue weighted by Crippen LogP contribution is 2.36. The molecule has 2 N–H and O–H groups in total. The van der Waals surface area contributed by atoms with E-state index in [0.717, 1.165) is 16.9 Å². The first kappa shape index (κ1) is 22.9. The number of benzene rings is 2. The number of halogens is 1. The van der Waals surface area contributed by atoms with E-state index < -0.39 is 11.9 Å². The minimum atomic E-state index is -0.450. The molecule has 1 aromatic heterocycles. The van der Waals surface area contributed by atoms with Crippen molar-refractivity contribution in [3.8, 4) is 5.75 Å². The van der Waals surface area contributed by atoms with Gasteiger partial charge in [-0.25, -0.2) is 9.79 Å². The summed E-state index contributed by atoms with van der Waals surface area (Å²) in [6, 6.07) is 12.9. The van der Waals surface area contributed by atoms with Crippen LogP contribution < -0.4 is 10.5 Å². The lowest BCUT2D eigenvalue weighted by atomic mass is 10.1. The first-order valence-electron chi connectivity index (χ1n) is 9.50. The molecule has 9 heteroatoms. The van der Waals surface area contributed by atoms with Gasteiger partial charge in [0.05, 0.1) is 27.8 Å². The summed E-state index contributed by atoms with van der Waals surface area (Å²) in [7, 11) is 1.86. The van der Waals surface area contributed by atoms with Crippen molar-refractivity contribution in [2.75, 3.05) is 6.61 Å². The van der Waals surface area contributed by atoms with Crippen molar-refractivity contribution in [2.24, 2.45) is 17.8 Å². The minimum absolute atomic E-state index is 0.243. The number of hydrogen-bond acceptors (Lipinski definition) is 6. The maximum atomic E-state index is 12.8. The van der Waals surface area contributed by atoms with Crippen LogP contribution in [0.2, 0.25) is 0 Å². The molecule has 3 aromatic rings. The van der Waals surface area contributed by atoms with Gasteiger partial charge in [0.25, 0.3) is 0 Å². The van der Waals surface area contributed by atoms with E-state index in [1.54, 1.807) is 13.0 Å². The maximum absolute atomic E-state index is 12.8. The number of esters is 2. The number of aliphatic imine (C=N–C) groups is 1. The maximum Gasteiger partial charge on any atom is 0.340 e. The highest BCUT2D eigenvalue weighted by Gasteiger charge is 2.24. The van der Waals surface area contributed by atoms with E-state index in [1.807, 2.05) is 48.0 Å². The third-order valence-corrected chi connectivity index (χ3v) is 5.88. The fraction of sp³-hybridized carbons (Fsp3) is 0.227. The van der Waals surface area contributed by atoms with Gasteiger partial charge in [0.15, 0.2) is 5.17 Å². The Bertz CT molecular complexity index is 1160. The van der Waals surface area contributed by atoms with Crippen molar-refractivity contribution in [1.82, 2.24) is 4.57 Å². The number of hydrogen-bond donors (Lipinski definition) is 1. The number of nitrogens with two attached hydrogens (primary N) is 1. The van der Waals surface area contributed by atoms with Gasteiger partial charge in [-0.1, -0.05) is 30.0 Å². The number of thioether (sulfide) groups is 1. The molecular formula is C22H22BrN3O4S. The van der Waals surface area contributed by atoms with Crippen LogP contribution in [-0.4, -0.2) is 28.3 Å². The van der Waals surface area contributed by atoms with Crippen LogP contribution in [-0.2, 0) is 22.3 Å². The quantitative estimate of drug-likeness (QED) is 0.222. The Labute approximate surface area is 192 Å². The van der Waals surface area contributed by atoms with E-state index in [1.165, 1.54) is 18.7 Å². The predicted octanol–water partition coefficient (Wildman–Crippen LogP) is 4.92. The minimum Gasteiger partial charge on any atom is -0.462 e. The van der Waals surface area contributed by atoms with Crippen LogP contribution >= 0.6 is 27.7 Å². The standard InChI is InChI=1S/C22H22BrN3O4S/c1-4-29-21(28)20-15-10-19(30-13(2)27)16(23)11-17(15)26(3)18(20)12-31-22(24)25-14-8-6-5-7-9-14/h5-11H,4,12H2,1-3H3,(H2,24,25). The molecule has 3 rings (SSSR count). The first-order chi connectivity index (χ1) is 14.8. The summed E-state index contributed by atoms with van der Waals surface area (Å²) in [6.07, 6.45) is 0. The number of amidine groups is 1. The fourth-order valence-corrected chi connectivity index (χ4v) is 4.33. The second-order valence-corrected chi connectivity index (χ2v) is 8.42. The highest BCUT2D eigenvalue weighted by atomic mass is 79.9. The number of carbonyl (C=O) groups excluding carboxylic acids is 2. The Kier molecular flexibility index (Phi) is 7.40. The van der Waals surface area contributed by atoms with Gasteiger partial charge in [-0.2, -0.15) is 0 Å². The second-order valence-electron chi connectivity index (χ2n) is 6.57. The molecule has 0 amide bonds. The van der Waals surface area contributed by atoms with Crippen molar-refractivity contribution >= 4 is 61.4 Å². The number of para-hydroxylation sites is 1. The van der Waals surface area contributed by atoms with Crippen LogP contribution in [0.3, 0.4) is 0 Å². The van der Waals surface area contributed by atoms with Crippen molar-refractivity contribution < 1.29 is 19.1 Å². The van der Waals surface area contributed by atoms with E-state index >= 15 is 0 Å². The van der Waals surface area contributed by atoms with Gasteiger partial charge in [0.1, 0.15) is 5.75 Å². The van der Waals surface area contributed by atoms with Gasteiger partial charge in [-0.05, 0) is 47.1 Å². The number of ether oxygens (including phenoxy) is 2. The normalized spacial score (nSPS) is 11.5. The van der Waals surface area contributed by atoms with Crippen LogP contribution in [0, 0.1) is 0 Å². The monoisotopic (exact) mass is 503 g/mol. The zero-order valence-electron chi connectivity index (χ0n) is 17.3. The molecule has 0 radical (unpaired) electrons. The molecule has 0 aliphatic heterocycles. The number of carbonyl (C=O) groups is 2. The van der Waals surface area contributed by atoms with E-state index in [0.29, 0.717) is 32.1 Å². The van der Waals surface area contributed by atoms with Gasteiger partial charge < -0.3 is 19.8 Å². The zero-order valence-corrected chi connectivity index (χ0v) is 19.7. The molecule has 0 unspecified atom stereocenters. The van der Waals surface area contributed by atoms with Crippen LogP contribution in [0.5, 0.6) is 5.75 Å². The molecule has 0 fully saturated rings. The molecule has 0 saturated heterocycles. The largest absolute Gasteiger partial charge is 0.462 e. The molecule has 0 spiro atoms. The summed E-state index contributed by atoms with van der Waals surface area (Å²) >= 11 is 4.75. The molecule has 0 aliphatic carbocycles. The van der Waals surface area contributed by atoms with Crippen LogP contribution in [0.4, 0.5) is 5.69 Å². The third kappa shape index (κ3) is 5.29. The van der Waals surface area contributed by atoms with Gasteiger partial charge in [-0.15, -0.1) is 0 Å². The molecule has 0 saturated carbocycles. The highest BCUT2D eigenvalue weighted by molar-refractivity contribution is 9.10. The molecule has 7 nitrogen and oxygen atoms in total. The van der Waals surface area contributed by atoms with E-state index in [-0.39, 0.29) is 6.61 Å². The Hall–Kier alpha value is -2.78. The second kappa shape index (κ2) is 10.0. The molecule has 2 aromatic carbocycles. The lowest BCUT2D eigenvalue weighted by Crippen LogP contribution is -2.11. The number of aryl methyl sites for hydroxylation is 1. The predicted molar refractivity (Wildman–Crippen MR) is 127 cm³/mol. The Morgan fingerprint density at radius 1 is 1.23 bits per heavy atom. The molecular weight excluding hydrogens is 482 g/mol. The summed E-state index contributed by atoms with van der Waals surface area (Å²) in [5.74, 6) is -0.157. The van der Waals surface area contributed by atoms with Crippen molar-refractivity contribution in [3.63, 3.8) is 0 Å². The van der Waals surface area contributed by atoms with Crippen LogP contribution in [0.15, 0.2) is 51.9 Å². The average Bonchev–Trinajstić information content (AvgIpc) is 2.98. The van der Waals surface area contributed by atoms with Gasteiger partial charge >= 0.3 is 11.9 Å². The Balaban J connectivity index is 2.03. The number of aromatic nitrogens is 1. The lowest BCUT2D eigenvalue weighted by molar-refractivity contribution is -0.131. The summed E-state index contributed by atoms with van der Waals surface area (Å²) < 4.78 is 13.1. The van der Waals surface area contributed by atoms with Gasteiger partial charge in [0, 0.05) is 30.8 Å². The molecule has 31 heavy (non-hydrogen) atoms.